The molecule has 10 nitrogen and oxygen atoms in total. The molecule has 0 spiro atoms. The third-order valence-corrected chi connectivity index (χ3v) is 8.11. The number of halogens is 2. The van der Waals surface area contributed by atoms with Gasteiger partial charge in [-0.05, 0) is 87.7 Å². The van der Waals surface area contributed by atoms with E-state index in [0.29, 0.717) is 52.8 Å². The van der Waals surface area contributed by atoms with Crippen LogP contribution < -0.4 is 19.5 Å². The highest BCUT2D eigenvalue weighted by Crippen LogP contribution is 2.46. The molecule has 0 aliphatic carbocycles. The fourth-order valence-corrected chi connectivity index (χ4v) is 5.76. The van der Waals surface area contributed by atoms with Crippen LogP contribution in [-0.2, 0) is 25.5 Å². The Morgan fingerprint density at radius 1 is 1.00 bits per heavy atom. The highest BCUT2D eigenvalue weighted by Gasteiger charge is 2.54. The molecule has 0 radical (unpaired) electrons. The monoisotopic (exact) mass is 700 g/mol. The van der Waals surface area contributed by atoms with E-state index in [0.717, 1.165) is 5.56 Å². The number of methoxy groups -OCH3 is 2. The minimum absolute atomic E-state index is 0.0269. The van der Waals surface area contributed by atoms with Gasteiger partial charge >= 0.3 is 5.97 Å². The van der Waals surface area contributed by atoms with Gasteiger partial charge in [0.15, 0.2) is 23.1 Å². The Bertz CT molecular complexity index is 1610. The molecule has 1 heterocycles. The van der Waals surface area contributed by atoms with Crippen molar-refractivity contribution >= 4 is 41.0 Å². The van der Waals surface area contributed by atoms with Gasteiger partial charge in [-0.15, -0.1) is 0 Å². The van der Waals surface area contributed by atoms with Gasteiger partial charge < -0.3 is 34.1 Å². The fourth-order valence-electron chi connectivity index (χ4n) is 5.26. The van der Waals surface area contributed by atoms with Crippen LogP contribution in [0.1, 0.15) is 62.8 Å². The summed E-state index contributed by atoms with van der Waals surface area (Å²) in [4.78, 5) is 32.4. The van der Waals surface area contributed by atoms with Crippen LogP contribution in [0.5, 0.6) is 17.2 Å². The Balaban J connectivity index is 1.70. The highest BCUT2D eigenvalue weighted by molar-refractivity contribution is 6.35. The van der Waals surface area contributed by atoms with Crippen LogP contribution in [0.3, 0.4) is 0 Å². The van der Waals surface area contributed by atoms with Crippen molar-refractivity contribution in [3.8, 4) is 17.2 Å². The summed E-state index contributed by atoms with van der Waals surface area (Å²) in [6.45, 7) is 5.99. The number of ether oxygens (including phenoxy) is 5. The van der Waals surface area contributed by atoms with Crippen molar-refractivity contribution in [3.63, 3.8) is 0 Å². The van der Waals surface area contributed by atoms with Gasteiger partial charge in [0.1, 0.15) is 11.4 Å². The Labute approximate surface area is 291 Å². The number of hydrogen-bond donors (Lipinski definition) is 2. The Morgan fingerprint density at radius 2 is 1.73 bits per heavy atom. The lowest BCUT2D eigenvalue weighted by Gasteiger charge is -2.31. The average molecular weight is 702 g/mol. The first-order valence-electron chi connectivity index (χ1n) is 15.7. The van der Waals surface area contributed by atoms with Crippen molar-refractivity contribution in [3.05, 3.63) is 87.4 Å². The molecule has 4 rings (SSSR count). The first-order chi connectivity index (χ1) is 22.9. The van der Waals surface area contributed by atoms with Crippen LogP contribution in [0.15, 0.2) is 65.7 Å². The van der Waals surface area contributed by atoms with Gasteiger partial charge in [0, 0.05) is 47.2 Å². The van der Waals surface area contributed by atoms with E-state index in [4.69, 9.17) is 57.0 Å². The molecule has 2 N–H and O–H groups in total. The number of hydrogen-bond acceptors (Lipinski definition) is 9. The molecule has 12 heteroatoms. The summed E-state index contributed by atoms with van der Waals surface area (Å²) in [7, 11) is 3.13. The van der Waals surface area contributed by atoms with E-state index < -0.39 is 29.1 Å². The highest BCUT2D eigenvalue weighted by atomic mass is 35.5. The molecule has 1 amide bonds. The summed E-state index contributed by atoms with van der Waals surface area (Å²) >= 11 is 12.9. The third kappa shape index (κ3) is 9.33. The maximum atomic E-state index is 14.4. The molecule has 1 aliphatic heterocycles. The number of nitrogens with zero attached hydrogens (tertiary/aromatic N) is 1. The summed E-state index contributed by atoms with van der Waals surface area (Å²) in [5.41, 5.74) is -0.314. The Hall–Kier alpha value is -3.99. The molecular weight excluding hydrogens is 659 g/mol. The van der Waals surface area contributed by atoms with Gasteiger partial charge in [-0.25, -0.2) is 4.99 Å². The number of amides is 1. The minimum atomic E-state index is -1.60. The Kier molecular flexibility index (Phi) is 12.6. The lowest BCUT2D eigenvalue weighted by atomic mass is 9.83. The quantitative estimate of drug-likeness (QED) is 0.136. The molecule has 48 heavy (non-hydrogen) atoms. The van der Waals surface area contributed by atoms with Crippen molar-refractivity contribution < 1.29 is 38.4 Å². The van der Waals surface area contributed by atoms with Crippen LogP contribution in [0.4, 0.5) is 0 Å². The average Bonchev–Trinajstić information content (AvgIpc) is 3.44. The summed E-state index contributed by atoms with van der Waals surface area (Å²) in [5, 5.41) is 12.8. The number of rotatable bonds is 15. The van der Waals surface area contributed by atoms with Gasteiger partial charge in [0.2, 0.25) is 5.90 Å². The fraction of sp³-hybridized carbons (Fsp3) is 0.417. The van der Waals surface area contributed by atoms with Gasteiger partial charge in [0.05, 0.1) is 20.8 Å². The summed E-state index contributed by atoms with van der Waals surface area (Å²) in [6.07, 6.45) is -0.154. The topological polar surface area (TPSA) is 125 Å². The number of nitrogens with one attached hydrogen (secondary N) is 1. The van der Waals surface area contributed by atoms with Crippen molar-refractivity contribution in [2.24, 2.45) is 4.99 Å². The Morgan fingerprint density at radius 3 is 2.38 bits per heavy atom. The van der Waals surface area contributed by atoms with Crippen LogP contribution >= 0.6 is 23.2 Å². The number of aliphatic imine (C=N–C) groups is 1. The second-order valence-corrected chi connectivity index (χ2v) is 13.1. The van der Waals surface area contributed by atoms with E-state index in [1.165, 1.54) is 0 Å². The van der Waals surface area contributed by atoms with Gasteiger partial charge in [0.25, 0.3) is 5.91 Å². The SMILES string of the molecule is COc1ccc(CCNC(=O)[C@]2(CCC(=O)OC(C)(C)C)N=C(c3ccc(OCCCO)cc3)O[C@@H]2c2ccc(Cl)cc2Cl)cc1OC. The third-order valence-electron chi connectivity index (χ3n) is 7.55. The smallest absolute Gasteiger partial charge is 0.306 e. The molecule has 1 aliphatic rings. The first-order valence-corrected chi connectivity index (χ1v) is 16.4. The number of carbonyl (C=O) groups is 2. The van der Waals surface area contributed by atoms with Gasteiger partial charge in [-0.3, -0.25) is 9.59 Å². The molecule has 0 saturated carbocycles. The number of benzene rings is 3. The van der Waals surface area contributed by atoms with Crippen molar-refractivity contribution in [1.29, 1.82) is 0 Å². The number of aliphatic hydroxyl groups is 1. The molecule has 3 aromatic carbocycles. The van der Waals surface area contributed by atoms with Gasteiger partial charge in [-0.1, -0.05) is 35.3 Å². The molecule has 0 saturated heterocycles. The number of aliphatic hydroxyl groups excluding tert-OH is 1. The van der Waals surface area contributed by atoms with Crippen LogP contribution in [0, 0.1) is 0 Å². The minimum Gasteiger partial charge on any atom is -0.494 e. The summed E-state index contributed by atoms with van der Waals surface area (Å²) in [5.74, 6) is 1.06. The molecule has 258 valence electrons. The maximum absolute atomic E-state index is 14.4. The van der Waals surface area contributed by atoms with Crippen LogP contribution in [0.25, 0.3) is 0 Å². The molecule has 3 aromatic rings. The maximum Gasteiger partial charge on any atom is 0.306 e. The van der Waals surface area contributed by atoms with Crippen LogP contribution in [-0.4, -0.2) is 68.0 Å². The predicted molar refractivity (Wildman–Crippen MR) is 185 cm³/mol. The van der Waals surface area contributed by atoms with Gasteiger partial charge in [-0.2, -0.15) is 0 Å². The van der Waals surface area contributed by atoms with E-state index in [-0.39, 0.29) is 36.9 Å². The zero-order valence-electron chi connectivity index (χ0n) is 27.8. The molecule has 2 atom stereocenters. The summed E-state index contributed by atoms with van der Waals surface area (Å²) in [6, 6.07) is 17.5. The standard InChI is InChI=1S/C36H42Cl2N2O8/c1-35(2,3)48-31(42)15-17-36(34(43)39-18-16-23-7-14-29(44-4)30(21-23)45-5)32(27-13-10-25(37)22-28(27)38)47-33(40-36)24-8-11-26(12-9-24)46-20-6-19-41/h7-14,21-22,32,41H,6,15-20H2,1-5H3,(H,39,43)/t32-,36-/m1/s1. The zero-order chi connectivity index (χ0) is 34.9. The lowest BCUT2D eigenvalue weighted by Crippen LogP contribution is -2.49. The summed E-state index contributed by atoms with van der Waals surface area (Å²) < 4.78 is 28.5. The molecule has 0 aromatic heterocycles. The van der Waals surface area contributed by atoms with Crippen molar-refractivity contribution in [1.82, 2.24) is 5.32 Å². The van der Waals surface area contributed by atoms with E-state index >= 15 is 0 Å². The van der Waals surface area contributed by atoms with Crippen LogP contribution in [0.2, 0.25) is 10.0 Å². The second kappa shape index (κ2) is 16.4. The largest absolute Gasteiger partial charge is 0.494 e. The first kappa shape index (κ1) is 36.8. The van der Waals surface area contributed by atoms with E-state index in [2.05, 4.69) is 5.32 Å². The molecule has 0 unspecified atom stereocenters. The lowest BCUT2D eigenvalue weighted by molar-refractivity contribution is -0.155. The van der Waals surface area contributed by atoms with E-state index in [1.807, 2.05) is 12.1 Å². The predicted octanol–water partition coefficient (Wildman–Crippen LogP) is 6.51. The molecule has 0 bridgehead atoms. The zero-order valence-corrected chi connectivity index (χ0v) is 29.3. The normalized spacial score (nSPS) is 17.2. The second-order valence-electron chi connectivity index (χ2n) is 12.2. The van der Waals surface area contributed by atoms with Crippen molar-refractivity contribution in [2.45, 2.75) is 63.7 Å². The molecule has 0 fully saturated rings. The number of esters is 1. The van der Waals surface area contributed by atoms with E-state index in [9.17, 15) is 9.59 Å². The number of carbonyl (C=O) groups excluding carboxylic acids is 2. The van der Waals surface area contributed by atoms with Crippen molar-refractivity contribution in [2.75, 3.05) is 34.0 Å². The van der Waals surface area contributed by atoms with E-state index in [1.54, 1.807) is 83.5 Å². The molecular formula is C36H42Cl2N2O8.